The Bertz CT molecular complexity index is 340. The average Bonchev–Trinajstić information content (AvgIpc) is 2.16. The molecule has 0 aliphatic rings. The van der Waals surface area contributed by atoms with Crippen molar-refractivity contribution in [1.82, 2.24) is 0 Å². The highest BCUT2D eigenvalue weighted by Crippen LogP contribution is 2.28. The molecule has 0 saturated heterocycles. The summed E-state index contributed by atoms with van der Waals surface area (Å²) in [5, 5.41) is 0. The minimum atomic E-state index is 0.648. The number of nitrogens with zero attached hydrogens (tertiary/aromatic N) is 2. The number of hydrogen-bond acceptors (Lipinski definition) is 2. The smallest absolute Gasteiger partial charge is 0.0881 e. The van der Waals surface area contributed by atoms with Gasteiger partial charge in [-0.25, -0.2) is 0 Å². The summed E-state index contributed by atoms with van der Waals surface area (Å²) in [7, 11) is 0. The Hall–Kier alpha value is -1.44. The Morgan fingerprint density at radius 1 is 1.14 bits per heavy atom. The Kier molecular flexibility index (Phi) is 3.57. The molecule has 0 spiro atoms. The predicted octanol–water partition coefficient (Wildman–Crippen LogP) is 3.55. The van der Waals surface area contributed by atoms with Crippen LogP contribution in [0.5, 0.6) is 0 Å². The summed E-state index contributed by atoms with van der Waals surface area (Å²) in [6.07, 6.45) is 1.06. The molecule has 0 unspecified atom stereocenters. The molecule has 0 bridgehead atoms. The van der Waals surface area contributed by atoms with E-state index in [1.807, 2.05) is 12.1 Å². The fourth-order valence-electron chi connectivity index (χ4n) is 1.43. The first-order chi connectivity index (χ1) is 6.67. The fourth-order valence-corrected chi connectivity index (χ4v) is 1.43. The van der Waals surface area contributed by atoms with Crippen molar-refractivity contribution in [3.63, 3.8) is 0 Å². The van der Waals surface area contributed by atoms with Gasteiger partial charge in [-0.1, -0.05) is 19.9 Å². The molecule has 1 aromatic carbocycles. The summed E-state index contributed by atoms with van der Waals surface area (Å²) in [6.45, 7) is 11.4. The second-order valence-electron chi connectivity index (χ2n) is 3.74. The molecule has 1 aromatic rings. The van der Waals surface area contributed by atoms with Gasteiger partial charge in [-0.05, 0) is 43.5 Å². The molecule has 2 heteroatoms. The van der Waals surface area contributed by atoms with E-state index in [-0.39, 0.29) is 0 Å². The normalized spacial score (nSPS) is 10.2. The lowest BCUT2D eigenvalue weighted by atomic mass is 10.0. The molecule has 0 aliphatic heterocycles. The zero-order valence-corrected chi connectivity index (χ0v) is 8.83. The maximum Gasteiger partial charge on any atom is 0.0881 e. The van der Waals surface area contributed by atoms with Crippen LogP contribution >= 0.6 is 0 Å². The van der Waals surface area contributed by atoms with Crippen LogP contribution in [0.3, 0.4) is 0 Å². The third-order valence-corrected chi connectivity index (χ3v) is 2.02. The minimum Gasteiger partial charge on any atom is -0.262 e. The molecule has 0 heterocycles. The van der Waals surface area contributed by atoms with Crippen LogP contribution in [0.2, 0.25) is 0 Å². The zero-order chi connectivity index (χ0) is 10.6. The lowest BCUT2D eigenvalue weighted by Gasteiger charge is -2.06. The maximum absolute atomic E-state index is 3.93. The molecule has 0 amide bonds. The SMILES string of the molecule is C=Nc1ccc(CC(C)C)cc1N=C. The van der Waals surface area contributed by atoms with Crippen molar-refractivity contribution in [2.75, 3.05) is 0 Å². The Morgan fingerprint density at radius 3 is 2.29 bits per heavy atom. The summed E-state index contributed by atoms with van der Waals surface area (Å²) in [5.41, 5.74) is 2.89. The molecule has 0 radical (unpaired) electrons. The van der Waals surface area contributed by atoms with Gasteiger partial charge in [0, 0.05) is 0 Å². The van der Waals surface area contributed by atoms with Crippen LogP contribution in [0.15, 0.2) is 28.2 Å². The van der Waals surface area contributed by atoms with Gasteiger partial charge in [-0.15, -0.1) is 0 Å². The largest absolute Gasteiger partial charge is 0.262 e. The third-order valence-electron chi connectivity index (χ3n) is 2.02. The monoisotopic (exact) mass is 188 g/mol. The van der Waals surface area contributed by atoms with E-state index in [4.69, 9.17) is 0 Å². The number of hydrogen-bond donors (Lipinski definition) is 0. The van der Waals surface area contributed by atoms with Crippen molar-refractivity contribution in [3.05, 3.63) is 23.8 Å². The molecular formula is C12H16N2. The molecule has 1 rings (SSSR count). The fraction of sp³-hybridized carbons (Fsp3) is 0.333. The van der Waals surface area contributed by atoms with Gasteiger partial charge < -0.3 is 0 Å². The predicted molar refractivity (Wildman–Crippen MR) is 63.4 cm³/mol. The van der Waals surface area contributed by atoms with Gasteiger partial charge in [-0.2, -0.15) is 0 Å². The van der Waals surface area contributed by atoms with E-state index in [2.05, 4.69) is 43.3 Å². The molecule has 0 aromatic heterocycles. The van der Waals surface area contributed by atoms with Crippen LogP contribution in [-0.2, 0) is 6.42 Å². The van der Waals surface area contributed by atoms with Crippen LogP contribution in [0.25, 0.3) is 0 Å². The summed E-state index contributed by atoms with van der Waals surface area (Å²) in [6, 6.07) is 6.03. The number of benzene rings is 1. The van der Waals surface area contributed by atoms with Crippen LogP contribution in [-0.4, -0.2) is 13.4 Å². The van der Waals surface area contributed by atoms with Gasteiger partial charge >= 0.3 is 0 Å². The standard InChI is InChI=1S/C12H16N2/c1-9(2)7-10-5-6-11(13-3)12(8-10)14-4/h5-6,8-9H,3-4,7H2,1-2H3. The van der Waals surface area contributed by atoms with E-state index < -0.39 is 0 Å². The van der Waals surface area contributed by atoms with Crippen LogP contribution in [0.4, 0.5) is 11.4 Å². The second-order valence-corrected chi connectivity index (χ2v) is 3.74. The van der Waals surface area contributed by atoms with Gasteiger partial charge in [0.05, 0.1) is 11.4 Å². The number of aliphatic imine (C=N–C) groups is 2. The lowest BCUT2D eigenvalue weighted by molar-refractivity contribution is 0.647. The number of rotatable bonds is 4. The quantitative estimate of drug-likeness (QED) is 0.645. The second kappa shape index (κ2) is 4.70. The summed E-state index contributed by atoms with van der Waals surface area (Å²) >= 11 is 0. The van der Waals surface area contributed by atoms with Crippen LogP contribution < -0.4 is 0 Å². The maximum atomic E-state index is 3.93. The minimum absolute atomic E-state index is 0.648. The molecule has 2 nitrogen and oxygen atoms in total. The van der Waals surface area contributed by atoms with Gasteiger partial charge in [0.15, 0.2) is 0 Å². The van der Waals surface area contributed by atoms with Gasteiger partial charge in [0.25, 0.3) is 0 Å². The third kappa shape index (κ3) is 2.52. The van der Waals surface area contributed by atoms with Crippen molar-refractivity contribution in [2.45, 2.75) is 20.3 Å². The Balaban J connectivity index is 3.01. The van der Waals surface area contributed by atoms with E-state index in [0.29, 0.717) is 5.92 Å². The lowest BCUT2D eigenvalue weighted by Crippen LogP contribution is -1.93. The van der Waals surface area contributed by atoms with Crippen molar-refractivity contribution < 1.29 is 0 Å². The summed E-state index contributed by atoms with van der Waals surface area (Å²) < 4.78 is 0. The van der Waals surface area contributed by atoms with Crippen molar-refractivity contribution >= 4 is 24.8 Å². The Morgan fingerprint density at radius 2 is 1.79 bits per heavy atom. The highest BCUT2D eigenvalue weighted by Gasteiger charge is 2.02. The highest BCUT2D eigenvalue weighted by molar-refractivity contribution is 5.67. The zero-order valence-electron chi connectivity index (χ0n) is 8.83. The first kappa shape index (κ1) is 10.6. The molecule has 14 heavy (non-hydrogen) atoms. The molecule has 0 aliphatic carbocycles. The highest BCUT2D eigenvalue weighted by atomic mass is 14.8. The molecular weight excluding hydrogens is 172 g/mol. The first-order valence-corrected chi connectivity index (χ1v) is 4.73. The van der Waals surface area contributed by atoms with Crippen LogP contribution in [0, 0.1) is 5.92 Å². The van der Waals surface area contributed by atoms with E-state index >= 15 is 0 Å². The summed E-state index contributed by atoms with van der Waals surface area (Å²) in [5.74, 6) is 0.648. The van der Waals surface area contributed by atoms with Crippen LogP contribution in [0.1, 0.15) is 19.4 Å². The topological polar surface area (TPSA) is 24.7 Å². The molecule has 0 atom stereocenters. The molecule has 74 valence electrons. The van der Waals surface area contributed by atoms with Crippen molar-refractivity contribution in [2.24, 2.45) is 15.9 Å². The molecule has 0 saturated carbocycles. The first-order valence-electron chi connectivity index (χ1n) is 4.73. The van der Waals surface area contributed by atoms with E-state index in [9.17, 15) is 0 Å². The molecule has 0 fully saturated rings. The van der Waals surface area contributed by atoms with E-state index in [1.54, 1.807) is 0 Å². The van der Waals surface area contributed by atoms with E-state index in [0.717, 1.165) is 17.8 Å². The van der Waals surface area contributed by atoms with Crippen molar-refractivity contribution in [3.8, 4) is 0 Å². The van der Waals surface area contributed by atoms with Gasteiger partial charge in [0.1, 0.15) is 0 Å². The Labute approximate surface area is 85.4 Å². The molecule has 0 N–H and O–H groups in total. The average molecular weight is 188 g/mol. The van der Waals surface area contributed by atoms with E-state index in [1.165, 1.54) is 5.56 Å². The van der Waals surface area contributed by atoms with Gasteiger partial charge in [0.2, 0.25) is 0 Å². The van der Waals surface area contributed by atoms with Gasteiger partial charge in [-0.3, -0.25) is 9.98 Å². The van der Waals surface area contributed by atoms with Crippen molar-refractivity contribution in [1.29, 1.82) is 0 Å². The summed E-state index contributed by atoms with van der Waals surface area (Å²) in [4.78, 5) is 7.80.